The van der Waals surface area contributed by atoms with Crippen LogP contribution in [0.1, 0.15) is 45.2 Å². The predicted molar refractivity (Wildman–Crippen MR) is 114 cm³/mol. The molecule has 6 nitrogen and oxygen atoms in total. The maximum Gasteiger partial charge on any atom is 0.410 e. The highest BCUT2D eigenvalue weighted by Crippen LogP contribution is 2.33. The van der Waals surface area contributed by atoms with Crippen molar-refractivity contribution in [2.75, 3.05) is 13.1 Å². The van der Waals surface area contributed by atoms with E-state index >= 15 is 0 Å². The summed E-state index contributed by atoms with van der Waals surface area (Å²) < 4.78 is 7.34. The van der Waals surface area contributed by atoms with Crippen molar-refractivity contribution in [1.29, 1.82) is 0 Å². The van der Waals surface area contributed by atoms with Gasteiger partial charge >= 0.3 is 6.09 Å². The summed E-state index contributed by atoms with van der Waals surface area (Å²) in [5.74, 6) is 0.382. The summed E-state index contributed by atoms with van der Waals surface area (Å²) in [4.78, 5) is 19.0. The topological polar surface area (TPSA) is 60.2 Å². The molecule has 0 atom stereocenters. The van der Waals surface area contributed by atoms with Crippen molar-refractivity contribution in [3.63, 3.8) is 0 Å². The molecule has 1 saturated heterocycles. The molecule has 0 saturated carbocycles. The molecule has 1 fully saturated rings. The summed E-state index contributed by atoms with van der Waals surface area (Å²) in [5.41, 5.74) is 2.79. The van der Waals surface area contributed by atoms with Gasteiger partial charge in [-0.25, -0.2) is 14.5 Å². The van der Waals surface area contributed by atoms with E-state index in [0.29, 0.717) is 19.0 Å². The molecule has 0 bridgehead atoms. The second kappa shape index (κ2) is 7.99. The van der Waals surface area contributed by atoms with E-state index in [1.165, 1.54) is 0 Å². The van der Waals surface area contributed by atoms with Gasteiger partial charge in [-0.1, -0.05) is 12.1 Å². The van der Waals surface area contributed by atoms with Gasteiger partial charge in [0.05, 0.1) is 11.4 Å². The molecule has 1 amide bonds. The number of hydrogen-bond acceptors (Lipinski definition) is 5. The van der Waals surface area contributed by atoms with Crippen LogP contribution in [0.15, 0.2) is 48.1 Å². The lowest BCUT2D eigenvalue weighted by Gasteiger charge is -2.32. The van der Waals surface area contributed by atoms with Gasteiger partial charge in [0, 0.05) is 42.3 Å². The molecule has 29 heavy (non-hydrogen) atoms. The first-order chi connectivity index (χ1) is 13.9. The Balaban J connectivity index is 1.42. The van der Waals surface area contributed by atoms with Crippen molar-refractivity contribution in [2.45, 2.75) is 45.1 Å². The third-order valence-corrected chi connectivity index (χ3v) is 5.86. The second-order valence-corrected chi connectivity index (χ2v) is 9.18. The normalized spacial score (nSPS) is 15.5. The Bertz CT molecular complexity index is 967. The number of rotatable bonds is 3. The Kier molecular flexibility index (Phi) is 5.41. The third kappa shape index (κ3) is 4.67. The summed E-state index contributed by atoms with van der Waals surface area (Å²) >= 11 is 1.67. The van der Waals surface area contributed by atoms with E-state index in [0.717, 1.165) is 34.8 Å². The monoisotopic (exact) mass is 410 g/mol. The molecule has 0 N–H and O–H groups in total. The predicted octanol–water partition coefficient (Wildman–Crippen LogP) is 5.11. The van der Waals surface area contributed by atoms with Gasteiger partial charge in [0.15, 0.2) is 0 Å². The number of hydrogen-bond donors (Lipinski definition) is 0. The van der Waals surface area contributed by atoms with Gasteiger partial charge in [-0.2, -0.15) is 5.10 Å². The van der Waals surface area contributed by atoms with Crippen LogP contribution in [0.5, 0.6) is 0 Å². The molecule has 1 aromatic carbocycles. The minimum Gasteiger partial charge on any atom is -0.444 e. The van der Waals surface area contributed by atoms with Crippen molar-refractivity contribution in [3.8, 4) is 16.3 Å². The van der Waals surface area contributed by atoms with Crippen LogP contribution < -0.4 is 0 Å². The number of amides is 1. The Morgan fingerprint density at radius 3 is 2.69 bits per heavy atom. The van der Waals surface area contributed by atoms with E-state index in [4.69, 9.17) is 9.72 Å². The molecule has 3 aromatic rings. The van der Waals surface area contributed by atoms with E-state index in [1.54, 1.807) is 17.5 Å². The van der Waals surface area contributed by atoms with Crippen LogP contribution in [0.4, 0.5) is 4.79 Å². The number of thiazole rings is 1. The first-order valence-corrected chi connectivity index (χ1v) is 10.8. The number of ether oxygens (including phenoxy) is 1. The highest BCUT2D eigenvalue weighted by atomic mass is 32.1. The maximum atomic E-state index is 12.3. The molecule has 2 aromatic heterocycles. The zero-order chi connectivity index (χ0) is 20.4. The van der Waals surface area contributed by atoms with Crippen LogP contribution in [0.2, 0.25) is 0 Å². The highest BCUT2D eigenvalue weighted by Gasteiger charge is 2.28. The van der Waals surface area contributed by atoms with Gasteiger partial charge in [-0.15, -0.1) is 11.3 Å². The molecule has 0 aliphatic carbocycles. The van der Waals surface area contributed by atoms with Gasteiger partial charge in [0.1, 0.15) is 10.6 Å². The number of likely N-dealkylation sites (tertiary alicyclic amines) is 1. The van der Waals surface area contributed by atoms with Gasteiger partial charge < -0.3 is 9.64 Å². The van der Waals surface area contributed by atoms with Gasteiger partial charge in [-0.3, -0.25) is 0 Å². The molecule has 7 heteroatoms. The molecular weight excluding hydrogens is 384 g/mol. The number of piperidine rings is 1. The maximum absolute atomic E-state index is 12.3. The average molecular weight is 411 g/mol. The SMILES string of the molecule is CC(C)(C)OC(=O)N1CCC(c2csc(-c3cccc(-n4cccn4)c3)n2)CC1. The lowest BCUT2D eigenvalue weighted by molar-refractivity contribution is 0.0204. The van der Waals surface area contributed by atoms with Crippen LogP contribution in [-0.2, 0) is 4.74 Å². The molecule has 152 valence electrons. The third-order valence-electron chi connectivity index (χ3n) is 4.95. The molecule has 4 rings (SSSR count). The van der Waals surface area contributed by atoms with Crippen molar-refractivity contribution in [1.82, 2.24) is 19.7 Å². The Morgan fingerprint density at radius 1 is 1.21 bits per heavy atom. The summed E-state index contributed by atoms with van der Waals surface area (Å²) in [6, 6.07) is 10.2. The molecule has 0 radical (unpaired) electrons. The largest absolute Gasteiger partial charge is 0.444 e. The van der Waals surface area contributed by atoms with E-state index in [2.05, 4.69) is 22.6 Å². The lowest BCUT2D eigenvalue weighted by Crippen LogP contribution is -2.41. The van der Waals surface area contributed by atoms with Crippen molar-refractivity contribution >= 4 is 17.4 Å². The first kappa shape index (κ1) is 19.6. The molecule has 1 aliphatic heterocycles. The number of carbonyl (C=O) groups is 1. The van der Waals surface area contributed by atoms with Crippen LogP contribution in [0, 0.1) is 0 Å². The summed E-state index contributed by atoms with van der Waals surface area (Å²) in [6.45, 7) is 7.11. The van der Waals surface area contributed by atoms with Gasteiger partial charge in [-0.05, 0) is 51.8 Å². The van der Waals surface area contributed by atoms with Crippen LogP contribution in [0.3, 0.4) is 0 Å². The number of carbonyl (C=O) groups excluding carboxylic acids is 1. The molecule has 1 aliphatic rings. The summed E-state index contributed by atoms with van der Waals surface area (Å²) in [7, 11) is 0. The first-order valence-electron chi connectivity index (χ1n) is 9.93. The van der Waals surface area contributed by atoms with Crippen LogP contribution in [0.25, 0.3) is 16.3 Å². The van der Waals surface area contributed by atoms with Crippen molar-refractivity contribution in [2.24, 2.45) is 0 Å². The highest BCUT2D eigenvalue weighted by molar-refractivity contribution is 7.13. The minimum atomic E-state index is -0.456. The standard InChI is InChI=1S/C22H26N4O2S/c1-22(2,3)28-21(27)25-12-8-16(9-13-25)19-15-29-20(24-19)17-6-4-7-18(14-17)26-11-5-10-23-26/h4-7,10-11,14-16H,8-9,12-13H2,1-3H3. The lowest BCUT2D eigenvalue weighted by atomic mass is 9.94. The minimum absolute atomic E-state index is 0.217. The quantitative estimate of drug-likeness (QED) is 0.602. The fourth-order valence-electron chi connectivity index (χ4n) is 3.49. The second-order valence-electron chi connectivity index (χ2n) is 8.32. The van der Waals surface area contributed by atoms with Gasteiger partial charge in [0.25, 0.3) is 0 Å². The number of benzene rings is 1. The van der Waals surface area contributed by atoms with E-state index in [9.17, 15) is 4.79 Å². The summed E-state index contributed by atoms with van der Waals surface area (Å²) in [6.07, 6.45) is 5.32. The van der Waals surface area contributed by atoms with Crippen molar-refractivity contribution in [3.05, 3.63) is 53.8 Å². The smallest absolute Gasteiger partial charge is 0.410 e. The fourth-order valence-corrected chi connectivity index (χ4v) is 4.39. The Morgan fingerprint density at radius 2 is 2.00 bits per heavy atom. The molecule has 3 heterocycles. The van der Waals surface area contributed by atoms with E-state index in [1.807, 2.05) is 54.7 Å². The molecular formula is C22H26N4O2S. The Labute approximate surface area is 175 Å². The Hall–Kier alpha value is -2.67. The summed E-state index contributed by atoms with van der Waals surface area (Å²) in [5, 5.41) is 7.47. The zero-order valence-electron chi connectivity index (χ0n) is 17.0. The van der Waals surface area contributed by atoms with Crippen LogP contribution in [-0.4, -0.2) is 44.4 Å². The molecule has 0 unspecified atom stereocenters. The molecule has 0 spiro atoms. The van der Waals surface area contributed by atoms with Crippen molar-refractivity contribution < 1.29 is 9.53 Å². The number of aromatic nitrogens is 3. The average Bonchev–Trinajstić information content (AvgIpc) is 3.39. The fraction of sp³-hybridized carbons (Fsp3) is 0.409. The van der Waals surface area contributed by atoms with E-state index in [-0.39, 0.29) is 6.09 Å². The number of nitrogens with zero attached hydrogens (tertiary/aromatic N) is 4. The zero-order valence-corrected chi connectivity index (χ0v) is 17.9. The van der Waals surface area contributed by atoms with E-state index < -0.39 is 5.60 Å². The van der Waals surface area contributed by atoms with Crippen LogP contribution >= 0.6 is 11.3 Å². The van der Waals surface area contributed by atoms with Gasteiger partial charge in [0.2, 0.25) is 0 Å².